The highest BCUT2D eigenvalue weighted by atomic mass is 16.3. The molecule has 2 unspecified atom stereocenters. The van der Waals surface area contributed by atoms with Crippen molar-refractivity contribution in [3.05, 3.63) is 29.8 Å². The minimum Gasteiger partial charge on any atom is -0.395 e. The van der Waals surface area contributed by atoms with Crippen LogP contribution < -0.4 is 5.32 Å². The number of aryl methyl sites for hydroxylation is 1. The lowest BCUT2D eigenvalue weighted by molar-refractivity contribution is -0.119. The van der Waals surface area contributed by atoms with E-state index in [1.807, 2.05) is 24.3 Å². The molecule has 2 rings (SSSR count). The van der Waals surface area contributed by atoms with E-state index in [1.54, 1.807) is 0 Å². The largest absolute Gasteiger partial charge is 0.395 e. The Balaban J connectivity index is 2.00. The first-order chi connectivity index (χ1) is 10.2. The second-order valence-corrected chi connectivity index (χ2v) is 5.85. The SMILES string of the molecule is CCc1ccccc1NC(=O)CN1C(C)CCCC1CO. The number of hydrogen-bond donors (Lipinski definition) is 2. The number of nitrogens with one attached hydrogen (secondary N) is 1. The number of benzene rings is 1. The normalized spacial score (nSPS) is 23.0. The van der Waals surface area contributed by atoms with Gasteiger partial charge in [-0.2, -0.15) is 0 Å². The van der Waals surface area contributed by atoms with Gasteiger partial charge in [0, 0.05) is 17.8 Å². The Hall–Kier alpha value is -1.39. The van der Waals surface area contributed by atoms with Crippen molar-refractivity contribution in [2.24, 2.45) is 0 Å². The molecule has 1 aromatic carbocycles. The molecule has 4 heteroatoms. The van der Waals surface area contributed by atoms with Gasteiger partial charge < -0.3 is 10.4 Å². The number of hydrogen-bond acceptors (Lipinski definition) is 3. The number of amides is 1. The van der Waals surface area contributed by atoms with Crippen molar-refractivity contribution >= 4 is 11.6 Å². The number of piperidine rings is 1. The summed E-state index contributed by atoms with van der Waals surface area (Å²) in [5, 5.41) is 12.5. The Labute approximate surface area is 127 Å². The summed E-state index contributed by atoms with van der Waals surface area (Å²) in [7, 11) is 0. The van der Waals surface area contributed by atoms with Crippen LogP contribution in [0.1, 0.15) is 38.7 Å². The molecular weight excluding hydrogens is 264 g/mol. The summed E-state index contributed by atoms with van der Waals surface area (Å²) in [6.45, 7) is 4.70. The van der Waals surface area contributed by atoms with Crippen molar-refractivity contribution in [1.82, 2.24) is 4.90 Å². The molecule has 0 aliphatic carbocycles. The lowest BCUT2D eigenvalue weighted by Gasteiger charge is -2.39. The zero-order chi connectivity index (χ0) is 15.2. The van der Waals surface area contributed by atoms with E-state index in [4.69, 9.17) is 0 Å². The molecule has 1 amide bonds. The monoisotopic (exact) mass is 290 g/mol. The molecule has 0 aromatic heterocycles. The number of para-hydroxylation sites is 1. The second-order valence-electron chi connectivity index (χ2n) is 5.85. The third-order valence-electron chi connectivity index (χ3n) is 4.40. The number of carbonyl (C=O) groups excluding carboxylic acids is 1. The van der Waals surface area contributed by atoms with Crippen molar-refractivity contribution in [3.63, 3.8) is 0 Å². The van der Waals surface area contributed by atoms with Gasteiger partial charge in [0.15, 0.2) is 0 Å². The van der Waals surface area contributed by atoms with Gasteiger partial charge in [0.05, 0.1) is 13.2 Å². The third-order valence-corrected chi connectivity index (χ3v) is 4.40. The quantitative estimate of drug-likeness (QED) is 0.875. The molecular formula is C17H26N2O2. The second kappa shape index (κ2) is 7.57. The highest BCUT2D eigenvalue weighted by molar-refractivity contribution is 5.93. The van der Waals surface area contributed by atoms with Crippen molar-refractivity contribution in [2.45, 2.75) is 51.6 Å². The molecule has 4 nitrogen and oxygen atoms in total. The molecule has 0 saturated carbocycles. The summed E-state index contributed by atoms with van der Waals surface area (Å²) < 4.78 is 0. The van der Waals surface area contributed by atoms with Crippen LogP contribution in [-0.2, 0) is 11.2 Å². The lowest BCUT2D eigenvalue weighted by atomic mass is 9.97. The molecule has 2 atom stereocenters. The van der Waals surface area contributed by atoms with Crippen LogP contribution in [0.3, 0.4) is 0 Å². The van der Waals surface area contributed by atoms with Crippen LogP contribution in [0.5, 0.6) is 0 Å². The molecule has 1 saturated heterocycles. The van der Waals surface area contributed by atoms with Crippen molar-refractivity contribution in [3.8, 4) is 0 Å². The Morgan fingerprint density at radius 2 is 2.14 bits per heavy atom. The van der Waals surface area contributed by atoms with Crippen molar-refractivity contribution in [1.29, 1.82) is 0 Å². The van der Waals surface area contributed by atoms with Crippen molar-refractivity contribution < 1.29 is 9.90 Å². The van der Waals surface area contributed by atoms with Crippen LogP contribution in [0.25, 0.3) is 0 Å². The minimum atomic E-state index is 0.00287. The molecule has 1 fully saturated rings. The van der Waals surface area contributed by atoms with E-state index in [0.717, 1.165) is 36.9 Å². The summed E-state index contributed by atoms with van der Waals surface area (Å²) in [6.07, 6.45) is 4.09. The van der Waals surface area contributed by atoms with Gasteiger partial charge in [0.25, 0.3) is 0 Å². The van der Waals surface area contributed by atoms with E-state index in [0.29, 0.717) is 12.6 Å². The molecule has 0 bridgehead atoms. The van der Waals surface area contributed by atoms with Crippen LogP contribution >= 0.6 is 0 Å². The summed E-state index contributed by atoms with van der Waals surface area (Å²) in [5.41, 5.74) is 2.05. The van der Waals surface area contributed by atoms with Gasteiger partial charge in [-0.3, -0.25) is 9.69 Å². The fourth-order valence-corrected chi connectivity index (χ4v) is 3.13. The standard InChI is InChI=1S/C17H26N2O2/c1-3-14-8-4-5-10-16(14)18-17(21)11-19-13(2)7-6-9-15(19)12-20/h4-5,8,10,13,15,20H,3,6-7,9,11-12H2,1-2H3,(H,18,21). The predicted octanol–water partition coefficient (Wildman–Crippen LogP) is 2.42. The smallest absolute Gasteiger partial charge is 0.238 e. The highest BCUT2D eigenvalue weighted by Crippen LogP contribution is 2.22. The molecule has 0 radical (unpaired) electrons. The number of anilines is 1. The zero-order valence-corrected chi connectivity index (χ0v) is 13.0. The van der Waals surface area contributed by atoms with Gasteiger partial charge in [0.1, 0.15) is 0 Å². The van der Waals surface area contributed by atoms with Crippen LogP contribution in [0.2, 0.25) is 0 Å². The number of aliphatic hydroxyl groups excluding tert-OH is 1. The number of likely N-dealkylation sites (tertiary alicyclic amines) is 1. The first-order valence-corrected chi connectivity index (χ1v) is 7.90. The Morgan fingerprint density at radius 1 is 1.38 bits per heavy atom. The van der Waals surface area contributed by atoms with Crippen molar-refractivity contribution in [2.75, 3.05) is 18.5 Å². The summed E-state index contributed by atoms with van der Waals surface area (Å²) >= 11 is 0. The zero-order valence-electron chi connectivity index (χ0n) is 13.0. The fraction of sp³-hybridized carbons (Fsp3) is 0.588. The third kappa shape index (κ3) is 4.05. The average Bonchev–Trinajstić information content (AvgIpc) is 2.49. The molecule has 2 N–H and O–H groups in total. The van der Waals surface area contributed by atoms with Gasteiger partial charge in [-0.15, -0.1) is 0 Å². The Bertz CT molecular complexity index is 476. The van der Waals surface area contributed by atoms with Crippen LogP contribution in [0, 0.1) is 0 Å². The van der Waals surface area contributed by atoms with Crippen LogP contribution in [0.4, 0.5) is 5.69 Å². The number of carbonyl (C=O) groups is 1. The maximum Gasteiger partial charge on any atom is 0.238 e. The van der Waals surface area contributed by atoms with Gasteiger partial charge in [-0.25, -0.2) is 0 Å². The van der Waals surface area contributed by atoms with E-state index >= 15 is 0 Å². The average molecular weight is 290 g/mol. The maximum atomic E-state index is 12.3. The molecule has 21 heavy (non-hydrogen) atoms. The molecule has 0 spiro atoms. The molecule has 1 aliphatic rings. The van der Waals surface area contributed by atoms with Crippen LogP contribution in [0.15, 0.2) is 24.3 Å². The Morgan fingerprint density at radius 3 is 2.86 bits per heavy atom. The summed E-state index contributed by atoms with van der Waals surface area (Å²) in [6, 6.07) is 8.37. The van der Waals surface area contributed by atoms with Gasteiger partial charge in [-0.1, -0.05) is 31.5 Å². The fourth-order valence-electron chi connectivity index (χ4n) is 3.13. The minimum absolute atomic E-state index is 0.00287. The lowest BCUT2D eigenvalue weighted by Crippen LogP contribution is -2.50. The first kappa shape index (κ1) is 16.0. The maximum absolute atomic E-state index is 12.3. The number of aliphatic hydroxyl groups is 1. The van der Waals surface area contributed by atoms with Crippen LogP contribution in [-0.4, -0.2) is 41.1 Å². The van der Waals surface area contributed by atoms with E-state index in [9.17, 15) is 9.90 Å². The Kier molecular flexibility index (Phi) is 5.76. The van der Waals surface area contributed by atoms with E-state index in [2.05, 4.69) is 24.1 Å². The van der Waals surface area contributed by atoms with Gasteiger partial charge in [0.2, 0.25) is 5.91 Å². The molecule has 1 aromatic rings. The number of nitrogens with zero attached hydrogens (tertiary/aromatic N) is 1. The molecule has 1 aliphatic heterocycles. The number of rotatable bonds is 5. The first-order valence-electron chi connectivity index (χ1n) is 7.90. The van der Waals surface area contributed by atoms with Gasteiger partial charge in [-0.05, 0) is 37.8 Å². The topological polar surface area (TPSA) is 52.6 Å². The van der Waals surface area contributed by atoms with E-state index in [-0.39, 0.29) is 18.6 Å². The van der Waals surface area contributed by atoms with Gasteiger partial charge >= 0.3 is 0 Å². The summed E-state index contributed by atoms with van der Waals surface area (Å²) in [4.78, 5) is 14.5. The predicted molar refractivity (Wildman–Crippen MR) is 85.3 cm³/mol. The molecule has 1 heterocycles. The summed E-state index contributed by atoms with van der Waals surface area (Å²) in [5.74, 6) is 0.00287. The van der Waals surface area contributed by atoms with E-state index in [1.165, 1.54) is 0 Å². The van der Waals surface area contributed by atoms with E-state index < -0.39 is 0 Å². The highest BCUT2D eigenvalue weighted by Gasteiger charge is 2.28. The molecule has 116 valence electrons.